The van der Waals surface area contributed by atoms with E-state index in [1.807, 2.05) is 4.72 Å². The number of rotatable bonds is 6. The van der Waals surface area contributed by atoms with Crippen LogP contribution in [-0.2, 0) is 21.2 Å². The molecule has 180 valence electrons. The molecular weight excluding hydrogens is 495 g/mol. The van der Waals surface area contributed by atoms with Crippen LogP contribution < -0.4 is 20.3 Å². The average Bonchev–Trinajstić information content (AvgIpc) is 3.41. The van der Waals surface area contributed by atoms with E-state index in [4.69, 9.17) is 0 Å². The Hall–Kier alpha value is -3.77. The van der Waals surface area contributed by atoms with Gasteiger partial charge in [-0.25, -0.2) is 27.2 Å². The zero-order valence-electron chi connectivity index (χ0n) is 18.1. The molecule has 3 aromatic rings. The van der Waals surface area contributed by atoms with Crippen molar-refractivity contribution < 1.29 is 27.2 Å². The molecule has 0 spiro atoms. The van der Waals surface area contributed by atoms with E-state index < -0.39 is 33.7 Å². The van der Waals surface area contributed by atoms with E-state index in [0.717, 1.165) is 40.8 Å². The number of hydrogen-bond donors (Lipinski definition) is 3. The van der Waals surface area contributed by atoms with Crippen LogP contribution in [0.25, 0.3) is 0 Å². The smallest absolute Gasteiger partial charge is 0.333 e. The summed E-state index contributed by atoms with van der Waals surface area (Å²) in [6.07, 6.45) is 2.10. The number of fused-ring (bicyclic) bond motifs is 1. The predicted molar refractivity (Wildman–Crippen MR) is 129 cm³/mol. The number of carbonyl (C=O) groups is 3. The first-order chi connectivity index (χ1) is 16.7. The topological polar surface area (TPSA) is 125 Å². The number of carbonyl (C=O) groups excluding carboxylic acids is 3. The van der Waals surface area contributed by atoms with Gasteiger partial charge in [0.15, 0.2) is 0 Å². The van der Waals surface area contributed by atoms with Gasteiger partial charge in [0, 0.05) is 23.0 Å². The lowest BCUT2D eigenvalue weighted by atomic mass is 9.97. The van der Waals surface area contributed by atoms with E-state index in [-0.39, 0.29) is 22.0 Å². The van der Waals surface area contributed by atoms with Crippen molar-refractivity contribution in [3.8, 4) is 0 Å². The fourth-order valence-corrected chi connectivity index (χ4v) is 5.63. The summed E-state index contributed by atoms with van der Waals surface area (Å²) in [5.41, 5.74) is 1.40. The van der Waals surface area contributed by atoms with Gasteiger partial charge in [-0.15, -0.1) is 11.3 Å². The van der Waals surface area contributed by atoms with E-state index in [1.165, 1.54) is 24.3 Å². The predicted octanol–water partition coefficient (Wildman–Crippen LogP) is 3.70. The Morgan fingerprint density at radius 1 is 1.06 bits per heavy atom. The molecule has 2 heterocycles. The van der Waals surface area contributed by atoms with Gasteiger partial charge < -0.3 is 10.6 Å². The Morgan fingerprint density at radius 3 is 2.51 bits per heavy atom. The van der Waals surface area contributed by atoms with E-state index in [1.54, 1.807) is 23.6 Å². The van der Waals surface area contributed by atoms with Crippen molar-refractivity contribution in [1.82, 2.24) is 4.72 Å². The minimum Gasteiger partial charge on any atom is -0.382 e. The minimum absolute atomic E-state index is 0.0491. The molecule has 0 unspecified atom stereocenters. The zero-order chi connectivity index (χ0) is 24.7. The van der Waals surface area contributed by atoms with Crippen LogP contribution in [0.1, 0.15) is 28.8 Å². The molecule has 4 amide bonds. The molecular formula is C23H19FN4O5S2. The number of benzene rings is 2. The maximum atomic E-state index is 14.9. The van der Waals surface area contributed by atoms with Crippen LogP contribution in [0.3, 0.4) is 0 Å². The molecule has 1 aliphatic carbocycles. The van der Waals surface area contributed by atoms with Crippen molar-refractivity contribution in [2.75, 3.05) is 15.5 Å². The van der Waals surface area contributed by atoms with Gasteiger partial charge in [0.2, 0.25) is 5.91 Å². The summed E-state index contributed by atoms with van der Waals surface area (Å²) >= 11 is 0.936. The largest absolute Gasteiger partial charge is 0.382 e. The zero-order valence-corrected chi connectivity index (χ0v) is 19.7. The summed E-state index contributed by atoms with van der Waals surface area (Å²) < 4.78 is 41.0. The Balaban J connectivity index is 1.32. The number of amides is 4. The third-order valence-electron chi connectivity index (χ3n) is 5.51. The number of hydrogen-bond acceptors (Lipinski definition) is 7. The van der Waals surface area contributed by atoms with Crippen LogP contribution in [0.5, 0.6) is 0 Å². The summed E-state index contributed by atoms with van der Waals surface area (Å²) in [5, 5.41) is 7.10. The second-order valence-electron chi connectivity index (χ2n) is 8.16. The quantitative estimate of drug-likeness (QED) is 0.431. The van der Waals surface area contributed by atoms with Crippen molar-refractivity contribution in [2.45, 2.75) is 29.5 Å². The molecule has 5 rings (SSSR count). The van der Waals surface area contributed by atoms with Gasteiger partial charge in [-0.1, -0.05) is 6.07 Å². The molecule has 3 N–H and O–H groups in total. The molecule has 1 aromatic heterocycles. The highest BCUT2D eigenvalue weighted by molar-refractivity contribution is 7.92. The Kier molecular flexibility index (Phi) is 5.77. The van der Waals surface area contributed by atoms with Crippen LogP contribution in [-0.4, -0.2) is 32.3 Å². The summed E-state index contributed by atoms with van der Waals surface area (Å²) in [7, 11) is -4.06. The third-order valence-corrected chi connectivity index (χ3v) is 8.24. The molecule has 2 aliphatic rings. The molecule has 1 aliphatic heterocycles. The maximum Gasteiger partial charge on any atom is 0.333 e. The average molecular weight is 515 g/mol. The molecule has 12 heteroatoms. The number of nitrogens with zero attached hydrogens (tertiary/aromatic N) is 1. The number of imide groups is 1. The number of anilines is 3. The van der Waals surface area contributed by atoms with Crippen LogP contribution in [0.15, 0.2) is 58.1 Å². The Bertz CT molecular complexity index is 1450. The van der Waals surface area contributed by atoms with Gasteiger partial charge in [0.25, 0.3) is 15.9 Å². The normalized spacial score (nSPS) is 15.5. The Morgan fingerprint density at radius 2 is 1.83 bits per heavy atom. The maximum absolute atomic E-state index is 14.9. The number of sulfonamides is 1. The van der Waals surface area contributed by atoms with E-state index >= 15 is 0 Å². The lowest BCUT2D eigenvalue weighted by Gasteiger charge is -2.27. The second kappa shape index (κ2) is 8.78. The molecule has 1 fully saturated rings. The second-order valence-corrected chi connectivity index (χ2v) is 11.0. The van der Waals surface area contributed by atoms with Gasteiger partial charge in [-0.3, -0.25) is 9.59 Å². The highest BCUT2D eigenvalue weighted by Crippen LogP contribution is 2.32. The highest BCUT2D eigenvalue weighted by Gasteiger charge is 2.34. The molecule has 0 bridgehead atoms. The fraction of sp³-hybridized carbons (Fsp3) is 0.174. The summed E-state index contributed by atoms with van der Waals surface area (Å²) in [4.78, 5) is 38.7. The number of thiophene rings is 1. The van der Waals surface area contributed by atoms with Crippen LogP contribution >= 0.6 is 11.3 Å². The van der Waals surface area contributed by atoms with Crippen molar-refractivity contribution in [2.24, 2.45) is 0 Å². The number of halogens is 1. The lowest BCUT2D eigenvalue weighted by molar-refractivity contribution is -0.117. The Labute approximate surface area is 204 Å². The summed E-state index contributed by atoms with van der Waals surface area (Å²) in [6, 6.07) is 10.7. The number of urea groups is 1. The van der Waals surface area contributed by atoms with E-state index in [9.17, 15) is 27.2 Å². The van der Waals surface area contributed by atoms with Gasteiger partial charge in [-0.2, -0.15) is 0 Å². The van der Waals surface area contributed by atoms with Gasteiger partial charge in [0.05, 0.1) is 12.1 Å². The molecule has 9 nitrogen and oxygen atoms in total. The van der Waals surface area contributed by atoms with Gasteiger partial charge >= 0.3 is 6.03 Å². The molecule has 2 aromatic carbocycles. The first-order valence-electron chi connectivity index (χ1n) is 10.6. The van der Waals surface area contributed by atoms with Crippen molar-refractivity contribution in [3.63, 3.8) is 0 Å². The first-order valence-corrected chi connectivity index (χ1v) is 13.0. The fourth-order valence-electron chi connectivity index (χ4n) is 3.73. The molecule has 0 saturated heterocycles. The van der Waals surface area contributed by atoms with Crippen molar-refractivity contribution in [1.29, 1.82) is 0 Å². The van der Waals surface area contributed by atoms with Crippen LogP contribution in [0.4, 0.5) is 26.2 Å². The standard InChI is InChI=1S/C23H19FN4O5S2/c24-18-12-16(26-23(31)27-35(32,33)21-2-1-9-34-21)6-8-19(18)28-20(29)11-13-10-15(25-14-3-4-14)5-7-17(13)22(28)30/h1-2,5-10,12,14,25H,3-4,11H2,(H2,26,27,31). The molecule has 0 radical (unpaired) electrons. The molecule has 0 atom stereocenters. The number of nitrogens with one attached hydrogen (secondary N) is 3. The van der Waals surface area contributed by atoms with Crippen LogP contribution in [0.2, 0.25) is 0 Å². The van der Waals surface area contributed by atoms with Crippen molar-refractivity contribution >= 4 is 56.3 Å². The van der Waals surface area contributed by atoms with E-state index in [0.29, 0.717) is 17.2 Å². The molecule has 1 saturated carbocycles. The lowest BCUT2D eigenvalue weighted by Crippen LogP contribution is -2.43. The molecule has 35 heavy (non-hydrogen) atoms. The van der Waals surface area contributed by atoms with Crippen molar-refractivity contribution in [3.05, 3.63) is 70.9 Å². The highest BCUT2D eigenvalue weighted by atomic mass is 32.2. The summed E-state index contributed by atoms with van der Waals surface area (Å²) in [5.74, 6) is -2.15. The minimum atomic E-state index is -4.06. The monoisotopic (exact) mass is 514 g/mol. The van der Waals surface area contributed by atoms with Gasteiger partial charge in [0.1, 0.15) is 10.0 Å². The first kappa shape index (κ1) is 23.0. The van der Waals surface area contributed by atoms with Gasteiger partial charge in [-0.05, 0) is 66.2 Å². The summed E-state index contributed by atoms with van der Waals surface area (Å²) in [6.45, 7) is 0. The SMILES string of the molecule is O=C(Nc1ccc(N2C(=O)Cc3cc(NC4CC4)ccc3C2=O)c(F)c1)NS(=O)(=O)c1cccs1. The third kappa shape index (κ3) is 4.75. The van der Waals surface area contributed by atoms with Crippen LogP contribution in [0, 0.1) is 5.82 Å². The van der Waals surface area contributed by atoms with E-state index in [2.05, 4.69) is 10.6 Å².